The normalized spacial score (nSPS) is 18.6. The van der Waals surface area contributed by atoms with Crippen molar-refractivity contribution in [3.05, 3.63) is 29.6 Å². The van der Waals surface area contributed by atoms with Crippen LogP contribution < -0.4 is 10.1 Å². The highest BCUT2D eigenvalue weighted by molar-refractivity contribution is 5.36. The van der Waals surface area contributed by atoms with Crippen LogP contribution >= 0.6 is 0 Å². The first-order valence-electron chi connectivity index (χ1n) is 6.54. The molecule has 4 heteroatoms. The van der Waals surface area contributed by atoms with Gasteiger partial charge in [0.15, 0.2) is 0 Å². The Morgan fingerprint density at radius 1 is 1.39 bits per heavy atom. The number of benzene rings is 1. The minimum absolute atomic E-state index is 0.245. The van der Waals surface area contributed by atoms with Crippen molar-refractivity contribution < 1.29 is 9.13 Å². The van der Waals surface area contributed by atoms with E-state index < -0.39 is 0 Å². The van der Waals surface area contributed by atoms with Gasteiger partial charge >= 0.3 is 0 Å². The number of halogens is 1. The minimum Gasteiger partial charge on any atom is -0.496 e. The van der Waals surface area contributed by atoms with Crippen molar-refractivity contribution in [1.29, 1.82) is 0 Å². The fourth-order valence-electron chi connectivity index (χ4n) is 2.63. The summed E-state index contributed by atoms with van der Waals surface area (Å²) in [6, 6.07) is 5.15. The van der Waals surface area contributed by atoms with Crippen molar-refractivity contribution in [3.8, 4) is 5.75 Å². The van der Waals surface area contributed by atoms with Crippen molar-refractivity contribution in [1.82, 2.24) is 10.2 Å². The van der Waals surface area contributed by atoms with Crippen LogP contribution in [-0.4, -0.2) is 38.2 Å². The van der Waals surface area contributed by atoms with Crippen LogP contribution in [0, 0.1) is 5.82 Å². The molecule has 3 nitrogen and oxygen atoms in total. The third-order valence-corrected chi connectivity index (χ3v) is 3.53. The second-order valence-electron chi connectivity index (χ2n) is 4.60. The zero-order valence-corrected chi connectivity index (χ0v) is 11.1. The van der Waals surface area contributed by atoms with Gasteiger partial charge in [0, 0.05) is 43.9 Å². The molecule has 0 aliphatic carbocycles. The van der Waals surface area contributed by atoms with Crippen LogP contribution in [0.15, 0.2) is 18.2 Å². The molecule has 0 radical (unpaired) electrons. The van der Waals surface area contributed by atoms with Gasteiger partial charge in [0.2, 0.25) is 0 Å². The van der Waals surface area contributed by atoms with Gasteiger partial charge in [-0.3, -0.25) is 4.90 Å². The molecule has 0 spiro atoms. The Kier molecular flexibility index (Phi) is 4.55. The largest absolute Gasteiger partial charge is 0.496 e. The van der Waals surface area contributed by atoms with Crippen LogP contribution in [0.4, 0.5) is 4.39 Å². The van der Waals surface area contributed by atoms with Crippen LogP contribution in [0.3, 0.4) is 0 Å². The third-order valence-electron chi connectivity index (χ3n) is 3.53. The highest BCUT2D eigenvalue weighted by Crippen LogP contribution is 2.32. The molecule has 1 heterocycles. The Labute approximate surface area is 108 Å². The molecule has 100 valence electrons. The van der Waals surface area contributed by atoms with Crippen molar-refractivity contribution in [2.24, 2.45) is 0 Å². The number of methoxy groups -OCH3 is 1. The van der Waals surface area contributed by atoms with Gasteiger partial charge in [-0.15, -0.1) is 0 Å². The van der Waals surface area contributed by atoms with Crippen LogP contribution in [0.2, 0.25) is 0 Å². The average molecular weight is 252 g/mol. The van der Waals surface area contributed by atoms with E-state index in [-0.39, 0.29) is 5.82 Å². The minimum atomic E-state index is -0.245. The summed E-state index contributed by atoms with van der Waals surface area (Å²) in [5.41, 5.74) is 1.09. The van der Waals surface area contributed by atoms with Crippen LogP contribution in [0.1, 0.15) is 24.9 Å². The molecule has 1 aliphatic heterocycles. The lowest BCUT2D eigenvalue weighted by Crippen LogP contribution is -2.45. The standard InChI is InChI=1S/C14H21FN2O/c1-3-13(17-8-6-16-7-9-17)12-5-4-11(15)10-14(12)18-2/h4-5,10,13,16H,3,6-9H2,1-2H3/t13-/m1/s1. The average Bonchev–Trinajstić information content (AvgIpc) is 2.42. The highest BCUT2D eigenvalue weighted by atomic mass is 19.1. The molecule has 1 atom stereocenters. The first-order chi connectivity index (χ1) is 8.76. The summed E-state index contributed by atoms with van der Waals surface area (Å²) in [6.07, 6.45) is 1.00. The second kappa shape index (κ2) is 6.16. The maximum Gasteiger partial charge on any atom is 0.126 e. The van der Waals surface area contributed by atoms with Gasteiger partial charge in [0.05, 0.1) is 7.11 Å². The summed E-state index contributed by atoms with van der Waals surface area (Å²) in [4.78, 5) is 2.44. The van der Waals surface area contributed by atoms with E-state index in [2.05, 4.69) is 17.1 Å². The molecule has 0 unspecified atom stereocenters. The Bertz CT molecular complexity index is 391. The number of nitrogens with zero attached hydrogens (tertiary/aromatic N) is 1. The molecule has 1 fully saturated rings. The van der Waals surface area contributed by atoms with Gasteiger partial charge in [-0.25, -0.2) is 4.39 Å². The molecule has 2 rings (SSSR count). The van der Waals surface area contributed by atoms with Crippen molar-refractivity contribution in [3.63, 3.8) is 0 Å². The molecular formula is C14H21FN2O. The van der Waals surface area contributed by atoms with E-state index in [1.54, 1.807) is 7.11 Å². The number of hydrogen-bond acceptors (Lipinski definition) is 3. The maximum atomic E-state index is 13.2. The summed E-state index contributed by atoms with van der Waals surface area (Å²) in [5, 5.41) is 3.35. The molecule has 1 aromatic carbocycles. The smallest absolute Gasteiger partial charge is 0.126 e. The topological polar surface area (TPSA) is 24.5 Å². The van der Waals surface area contributed by atoms with E-state index in [4.69, 9.17) is 4.74 Å². The Morgan fingerprint density at radius 3 is 2.72 bits per heavy atom. The van der Waals surface area contributed by atoms with E-state index in [1.807, 2.05) is 6.07 Å². The molecule has 0 aromatic heterocycles. The summed E-state index contributed by atoms with van der Waals surface area (Å²) in [5.74, 6) is 0.408. The Hall–Kier alpha value is -1.13. The number of hydrogen-bond donors (Lipinski definition) is 1. The zero-order valence-electron chi connectivity index (χ0n) is 11.1. The first kappa shape index (κ1) is 13.3. The van der Waals surface area contributed by atoms with E-state index in [0.29, 0.717) is 11.8 Å². The number of rotatable bonds is 4. The highest BCUT2D eigenvalue weighted by Gasteiger charge is 2.23. The maximum absolute atomic E-state index is 13.2. The monoisotopic (exact) mass is 252 g/mol. The molecule has 1 aromatic rings. The lowest BCUT2D eigenvalue weighted by Gasteiger charge is -2.35. The molecule has 0 bridgehead atoms. The van der Waals surface area contributed by atoms with Crippen molar-refractivity contribution in [2.45, 2.75) is 19.4 Å². The van der Waals surface area contributed by atoms with Gasteiger partial charge in [0.25, 0.3) is 0 Å². The van der Waals surface area contributed by atoms with Gasteiger partial charge < -0.3 is 10.1 Å². The number of nitrogens with one attached hydrogen (secondary N) is 1. The van der Waals surface area contributed by atoms with E-state index in [0.717, 1.165) is 38.2 Å². The fourth-order valence-corrected chi connectivity index (χ4v) is 2.63. The zero-order chi connectivity index (χ0) is 13.0. The van der Waals surface area contributed by atoms with E-state index in [1.165, 1.54) is 12.1 Å². The molecule has 18 heavy (non-hydrogen) atoms. The summed E-state index contributed by atoms with van der Waals surface area (Å²) >= 11 is 0. The molecule has 0 saturated carbocycles. The summed E-state index contributed by atoms with van der Waals surface area (Å²) < 4.78 is 18.6. The van der Waals surface area contributed by atoms with Crippen LogP contribution in [0.5, 0.6) is 5.75 Å². The van der Waals surface area contributed by atoms with Gasteiger partial charge in [0.1, 0.15) is 11.6 Å². The van der Waals surface area contributed by atoms with E-state index in [9.17, 15) is 4.39 Å². The van der Waals surface area contributed by atoms with Gasteiger partial charge in [-0.2, -0.15) is 0 Å². The summed E-state index contributed by atoms with van der Waals surface area (Å²) in [7, 11) is 1.60. The molecule has 1 saturated heterocycles. The first-order valence-corrected chi connectivity index (χ1v) is 6.54. The van der Waals surface area contributed by atoms with Crippen molar-refractivity contribution >= 4 is 0 Å². The molecular weight excluding hydrogens is 231 g/mol. The quantitative estimate of drug-likeness (QED) is 0.889. The molecule has 0 amide bonds. The SMILES string of the molecule is CC[C@H](c1ccc(F)cc1OC)N1CCNCC1. The fraction of sp³-hybridized carbons (Fsp3) is 0.571. The molecule has 1 aliphatic rings. The molecule has 1 N–H and O–H groups in total. The lowest BCUT2D eigenvalue weighted by molar-refractivity contribution is 0.166. The van der Waals surface area contributed by atoms with Gasteiger partial charge in [-0.1, -0.05) is 13.0 Å². The van der Waals surface area contributed by atoms with Crippen molar-refractivity contribution in [2.75, 3.05) is 33.3 Å². The lowest BCUT2D eigenvalue weighted by atomic mass is 10.0. The predicted octanol–water partition coefficient (Wildman–Crippen LogP) is 2.19. The Morgan fingerprint density at radius 2 is 2.11 bits per heavy atom. The summed E-state index contributed by atoms with van der Waals surface area (Å²) in [6.45, 7) is 6.24. The van der Waals surface area contributed by atoms with Crippen LogP contribution in [0.25, 0.3) is 0 Å². The predicted molar refractivity (Wildman–Crippen MR) is 70.4 cm³/mol. The Balaban J connectivity index is 2.25. The number of ether oxygens (including phenoxy) is 1. The van der Waals surface area contributed by atoms with Crippen LogP contribution in [-0.2, 0) is 0 Å². The van der Waals surface area contributed by atoms with Gasteiger partial charge in [-0.05, 0) is 12.5 Å². The third kappa shape index (κ3) is 2.82. The number of piperazine rings is 1. The second-order valence-corrected chi connectivity index (χ2v) is 4.60. The van der Waals surface area contributed by atoms with E-state index >= 15 is 0 Å².